The summed E-state index contributed by atoms with van der Waals surface area (Å²) in [5.74, 6) is -0.0753. The molecule has 0 atom stereocenters. The summed E-state index contributed by atoms with van der Waals surface area (Å²) in [7, 11) is 0. The predicted octanol–water partition coefficient (Wildman–Crippen LogP) is 2.06. The lowest BCUT2D eigenvalue weighted by Crippen LogP contribution is -2.31. The minimum Gasteiger partial charge on any atom is -0.465 e. The van der Waals surface area contributed by atoms with Gasteiger partial charge >= 0.3 is 5.97 Å². The Morgan fingerprint density at radius 3 is 2.53 bits per heavy atom. The Morgan fingerprint density at radius 2 is 1.93 bits per heavy atom. The highest BCUT2D eigenvalue weighted by molar-refractivity contribution is 5.71. The minimum atomic E-state index is -0.0753. The van der Waals surface area contributed by atoms with Crippen molar-refractivity contribution in [1.29, 1.82) is 0 Å². The molecule has 0 aliphatic carbocycles. The molecule has 1 aliphatic rings. The number of carbonyl (C=O) groups is 1. The third-order valence-electron chi connectivity index (χ3n) is 2.78. The van der Waals surface area contributed by atoms with Gasteiger partial charge in [-0.15, -0.1) is 0 Å². The molecule has 0 aromatic rings. The van der Waals surface area contributed by atoms with Crippen LogP contribution in [-0.2, 0) is 9.53 Å². The summed E-state index contributed by atoms with van der Waals surface area (Å²) in [5.41, 5.74) is 0. The van der Waals surface area contributed by atoms with Gasteiger partial charge in [0.2, 0.25) is 0 Å². The molecule has 0 unspecified atom stereocenters. The maximum atomic E-state index is 11.2. The molecule has 1 saturated heterocycles. The molecule has 0 aromatic heterocycles. The number of esters is 1. The Morgan fingerprint density at radius 1 is 1.27 bits per heavy atom. The second-order valence-corrected chi connectivity index (χ2v) is 4.58. The number of hydrogen-bond acceptors (Lipinski definition) is 3. The van der Waals surface area contributed by atoms with E-state index < -0.39 is 0 Å². The highest BCUT2D eigenvalue weighted by atomic mass is 16.5. The number of rotatable bonds is 5. The molecule has 0 bridgehead atoms. The first-order valence-electron chi connectivity index (χ1n) is 6.09. The second-order valence-electron chi connectivity index (χ2n) is 4.58. The summed E-state index contributed by atoms with van der Waals surface area (Å²) in [6, 6.07) is 0. The number of piperidine rings is 1. The van der Waals surface area contributed by atoms with Gasteiger partial charge < -0.3 is 9.64 Å². The summed E-state index contributed by atoms with van der Waals surface area (Å²) >= 11 is 0. The van der Waals surface area contributed by atoms with E-state index in [-0.39, 0.29) is 11.9 Å². The molecule has 0 N–H and O–H groups in total. The lowest BCUT2D eigenvalue weighted by Gasteiger charge is -2.26. The molecule has 0 aromatic carbocycles. The standard InChI is InChI=1S/C12H23NO2/c1-11(2)12(14)15-10-6-9-13-7-4-3-5-8-13/h11H,3-10H2,1-2H3. The molecular weight excluding hydrogens is 190 g/mol. The Balaban J connectivity index is 1.98. The van der Waals surface area contributed by atoms with Crippen molar-refractivity contribution in [2.75, 3.05) is 26.2 Å². The van der Waals surface area contributed by atoms with E-state index in [1.807, 2.05) is 13.8 Å². The second kappa shape index (κ2) is 6.83. The van der Waals surface area contributed by atoms with Crippen molar-refractivity contribution in [2.45, 2.75) is 39.5 Å². The van der Waals surface area contributed by atoms with Crippen molar-refractivity contribution in [2.24, 2.45) is 5.92 Å². The summed E-state index contributed by atoms with van der Waals surface area (Å²) in [6.07, 6.45) is 4.99. The van der Waals surface area contributed by atoms with E-state index in [0.29, 0.717) is 6.61 Å². The van der Waals surface area contributed by atoms with Crippen LogP contribution >= 0.6 is 0 Å². The van der Waals surface area contributed by atoms with Crippen molar-refractivity contribution in [3.05, 3.63) is 0 Å². The predicted molar refractivity (Wildman–Crippen MR) is 60.7 cm³/mol. The van der Waals surface area contributed by atoms with E-state index in [1.54, 1.807) is 0 Å². The summed E-state index contributed by atoms with van der Waals surface area (Å²) in [6.45, 7) is 7.83. The zero-order chi connectivity index (χ0) is 11.1. The lowest BCUT2D eigenvalue weighted by atomic mass is 10.1. The van der Waals surface area contributed by atoms with E-state index in [0.717, 1.165) is 13.0 Å². The van der Waals surface area contributed by atoms with Crippen molar-refractivity contribution in [1.82, 2.24) is 4.90 Å². The quantitative estimate of drug-likeness (QED) is 0.517. The van der Waals surface area contributed by atoms with E-state index in [4.69, 9.17) is 4.74 Å². The van der Waals surface area contributed by atoms with E-state index >= 15 is 0 Å². The fourth-order valence-electron chi connectivity index (χ4n) is 1.81. The highest BCUT2D eigenvalue weighted by Crippen LogP contribution is 2.08. The van der Waals surface area contributed by atoms with Gasteiger partial charge in [-0.1, -0.05) is 20.3 Å². The van der Waals surface area contributed by atoms with Gasteiger partial charge in [-0.2, -0.15) is 0 Å². The molecule has 1 fully saturated rings. The SMILES string of the molecule is CC(C)C(=O)OCCCN1CCCCC1. The van der Waals surface area contributed by atoms with Gasteiger partial charge in [-0.3, -0.25) is 4.79 Å². The number of ether oxygens (including phenoxy) is 1. The molecule has 1 aliphatic heterocycles. The van der Waals surface area contributed by atoms with E-state index in [2.05, 4.69) is 4.90 Å². The zero-order valence-electron chi connectivity index (χ0n) is 10.00. The Labute approximate surface area is 92.8 Å². The average molecular weight is 213 g/mol. The molecule has 0 radical (unpaired) electrons. The molecule has 3 nitrogen and oxygen atoms in total. The lowest BCUT2D eigenvalue weighted by molar-refractivity contribution is -0.147. The van der Waals surface area contributed by atoms with E-state index in [1.165, 1.54) is 32.4 Å². The summed E-state index contributed by atoms with van der Waals surface area (Å²) in [5, 5.41) is 0. The van der Waals surface area contributed by atoms with Gasteiger partial charge in [-0.05, 0) is 32.4 Å². The van der Waals surface area contributed by atoms with Gasteiger partial charge in [0.15, 0.2) is 0 Å². The molecule has 1 rings (SSSR count). The summed E-state index contributed by atoms with van der Waals surface area (Å²) < 4.78 is 5.13. The summed E-state index contributed by atoms with van der Waals surface area (Å²) in [4.78, 5) is 13.6. The average Bonchev–Trinajstić information content (AvgIpc) is 2.25. The fraction of sp³-hybridized carbons (Fsp3) is 0.917. The number of likely N-dealkylation sites (tertiary alicyclic amines) is 1. The Bertz CT molecular complexity index is 186. The van der Waals surface area contributed by atoms with Crippen LogP contribution in [0.2, 0.25) is 0 Å². The van der Waals surface area contributed by atoms with Crippen LogP contribution in [0.5, 0.6) is 0 Å². The normalized spacial score (nSPS) is 18.1. The van der Waals surface area contributed by atoms with Crippen LogP contribution in [0.1, 0.15) is 39.5 Å². The maximum absolute atomic E-state index is 11.2. The van der Waals surface area contributed by atoms with Gasteiger partial charge in [-0.25, -0.2) is 0 Å². The monoisotopic (exact) mass is 213 g/mol. The largest absolute Gasteiger partial charge is 0.465 e. The zero-order valence-corrected chi connectivity index (χ0v) is 10.00. The fourth-order valence-corrected chi connectivity index (χ4v) is 1.81. The van der Waals surface area contributed by atoms with Crippen LogP contribution in [0.15, 0.2) is 0 Å². The van der Waals surface area contributed by atoms with Crippen LogP contribution in [0.25, 0.3) is 0 Å². The molecule has 0 amide bonds. The number of carbonyl (C=O) groups excluding carboxylic acids is 1. The van der Waals surface area contributed by atoms with Crippen LogP contribution in [-0.4, -0.2) is 37.1 Å². The molecule has 3 heteroatoms. The highest BCUT2D eigenvalue weighted by Gasteiger charge is 2.10. The first-order valence-corrected chi connectivity index (χ1v) is 6.09. The van der Waals surface area contributed by atoms with Crippen molar-refractivity contribution < 1.29 is 9.53 Å². The maximum Gasteiger partial charge on any atom is 0.308 e. The van der Waals surface area contributed by atoms with Gasteiger partial charge in [0, 0.05) is 6.54 Å². The first-order chi connectivity index (χ1) is 7.20. The first kappa shape index (κ1) is 12.5. The molecule has 0 saturated carbocycles. The van der Waals surface area contributed by atoms with Gasteiger partial charge in [0.05, 0.1) is 12.5 Å². The van der Waals surface area contributed by atoms with Crippen molar-refractivity contribution >= 4 is 5.97 Å². The third kappa shape index (κ3) is 5.17. The molecule has 88 valence electrons. The topological polar surface area (TPSA) is 29.5 Å². The Kier molecular flexibility index (Phi) is 5.69. The van der Waals surface area contributed by atoms with Crippen LogP contribution < -0.4 is 0 Å². The molecule has 0 spiro atoms. The van der Waals surface area contributed by atoms with Gasteiger partial charge in [0.1, 0.15) is 0 Å². The van der Waals surface area contributed by atoms with Crippen LogP contribution in [0.4, 0.5) is 0 Å². The third-order valence-corrected chi connectivity index (χ3v) is 2.78. The molecular formula is C12H23NO2. The van der Waals surface area contributed by atoms with Crippen LogP contribution in [0.3, 0.4) is 0 Å². The van der Waals surface area contributed by atoms with Gasteiger partial charge in [0.25, 0.3) is 0 Å². The number of nitrogens with zero attached hydrogens (tertiary/aromatic N) is 1. The Hall–Kier alpha value is -0.570. The smallest absolute Gasteiger partial charge is 0.308 e. The molecule has 15 heavy (non-hydrogen) atoms. The van der Waals surface area contributed by atoms with Crippen molar-refractivity contribution in [3.8, 4) is 0 Å². The van der Waals surface area contributed by atoms with Crippen LogP contribution in [0, 0.1) is 5.92 Å². The minimum absolute atomic E-state index is 0.0000123. The molecule has 1 heterocycles. The van der Waals surface area contributed by atoms with Crippen molar-refractivity contribution in [3.63, 3.8) is 0 Å². The van der Waals surface area contributed by atoms with E-state index in [9.17, 15) is 4.79 Å². The number of hydrogen-bond donors (Lipinski definition) is 0.